The molecule has 0 aliphatic rings. The Morgan fingerprint density at radius 2 is 1.72 bits per heavy atom. The number of rotatable bonds is 10. The van der Waals surface area contributed by atoms with E-state index < -0.39 is 28.8 Å². The molecule has 0 saturated heterocycles. The van der Waals surface area contributed by atoms with Crippen LogP contribution in [0.5, 0.6) is 5.75 Å². The Labute approximate surface area is 210 Å². The zero-order valence-corrected chi connectivity index (χ0v) is 20.7. The van der Waals surface area contributed by atoms with E-state index in [4.69, 9.17) is 22.3 Å². The zero-order valence-electron chi connectivity index (χ0n) is 19.9. The zero-order chi connectivity index (χ0) is 26.5. The van der Waals surface area contributed by atoms with Crippen LogP contribution < -0.4 is 14.8 Å². The summed E-state index contributed by atoms with van der Waals surface area (Å²) < 4.78 is 34.6. The van der Waals surface area contributed by atoms with Gasteiger partial charge in [-0.05, 0) is 61.4 Å². The molecule has 0 aliphatic heterocycles. The van der Waals surface area contributed by atoms with Crippen molar-refractivity contribution in [2.75, 3.05) is 10.8 Å². The lowest BCUT2D eigenvalue weighted by atomic mass is 9.97. The van der Waals surface area contributed by atoms with Crippen LogP contribution in [0.15, 0.2) is 71.6 Å². The maximum absolute atomic E-state index is 13.7. The number of sulfonamides is 1. The molecule has 0 bridgehead atoms. The number of terminal acetylenes is 1. The van der Waals surface area contributed by atoms with E-state index in [0.29, 0.717) is 28.0 Å². The first-order valence-electron chi connectivity index (χ1n) is 11.0. The second kappa shape index (κ2) is 11.1. The molecule has 186 valence electrons. The summed E-state index contributed by atoms with van der Waals surface area (Å²) in [5.41, 5.74) is 7.88. The first kappa shape index (κ1) is 26.5. The van der Waals surface area contributed by atoms with Crippen LogP contribution in [0.3, 0.4) is 0 Å². The molecule has 0 spiro atoms. The average Bonchev–Trinajstić information content (AvgIpc) is 2.88. The highest BCUT2D eigenvalue weighted by Gasteiger charge is 2.32. The van der Waals surface area contributed by atoms with E-state index in [1.807, 2.05) is 0 Å². The Morgan fingerprint density at radius 1 is 1.11 bits per heavy atom. The van der Waals surface area contributed by atoms with Gasteiger partial charge < -0.3 is 20.4 Å². The largest absolute Gasteiger partial charge is 0.473 e. The minimum Gasteiger partial charge on any atom is -0.473 e. The molecular weight excluding hydrogens is 478 g/mol. The van der Waals surface area contributed by atoms with Gasteiger partial charge in [-0.2, -0.15) is 0 Å². The monoisotopic (exact) mass is 505 g/mol. The van der Waals surface area contributed by atoms with Crippen molar-refractivity contribution in [1.29, 1.82) is 5.41 Å². The third kappa shape index (κ3) is 5.57. The van der Waals surface area contributed by atoms with Crippen LogP contribution in [0.1, 0.15) is 28.4 Å². The number of nitrogens with zero attached hydrogens (tertiary/aromatic N) is 1. The third-order valence-corrected chi connectivity index (χ3v) is 7.34. The number of amidine groups is 1. The van der Waals surface area contributed by atoms with Crippen molar-refractivity contribution in [2.24, 2.45) is 5.73 Å². The lowest BCUT2D eigenvalue weighted by Gasteiger charge is -2.31. The summed E-state index contributed by atoms with van der Waals surface area (Å²) in [4.78, 5) is 11.3. The lowest BCUT2D eigenvalue weighted by Crippen LogP contribution is -2.39. The summed E-state index contributed by atoms with van der Waals surface area (Å²) in [6.45, 7) is 2.98. The van der Waals surface area contributed by atoms with Crippen molar-refractivity contribution in [3.63, 3.8) is 0 Å². The number of aliphatic hydroxyl groups excluding tert-OH is 1. The molecule has 3 rings (SSSR count). The van der Waals surface area contributed by atoms with E-state index >= 15 is 0 Å². The molecule has 3 aromatic carbocycles. The summed E-state index contributed by atoms with van der Waals surface area (Å²) >= 11 is 0. The third-order valence-electron chi connectivity index (χ3n) is 5.56. The van der Waals surface area contributed by atoms with Gasteiger partial charge in [0.25, 0.3) is 10.0 Å². The van der Waals surface area contributed by atoms with Gasteiger partial charge in [0.05, 0.1) is 17.1 Å². The standard InChI is InChI=1S/C27H27N3O5S/c1-4-24(35-22-14-12-20(13-15-22)27(28)29)25-18(2)10-11-19(3)26(25)30(16-21(32)17-31)36(33,34)23-8-6-5-7-9-23/h1,5-15,17,21,24,32H,16H2,2-3H3,(H3,28,29). The summed E-state index contributed by atoms with van der Waals surface area (Å²) in [6, 6.07) is 17.7. The van der Waals surface area contributed by atoms with E-state index in [1.54, 1.807) is 68.4 Å². The van der Waals surface area contributed by atoms with Gasteiger partial charge in [0.15, 0.2) is 6.10 Å². The molecule has 2 atom stereocenters. The maximum atomic E-state index is 13.7. The topological polar surface area (TPSA) is 134 Å². The minimum atomic E-state index is -4.20. The van der Waals surface area contributed by atoms with Gasteiger partial charge in [-0.15, -0.1) is 6.42 Å². The highest BCUT2D eigenvalue weighted by atomic mass is 32.2. The second-order valence-electron chi connectivity index (χ2n) is 8.12. The van der Waals surface area contributed by atoms with E-state index in [0.717, 1.165) is 4.31 Å². The van der Waals surface area contributed by atoms with Gasteiger partial charge >= 0.3 is 0 Å². The first-order valence-corrected chi connectivity index (χ1v) is 12.4. The Morgan fingerprint density at radius 3 is 2.28 bits per heavy atom. The number of carbonyl (C=O) groups excluding carboxylic acids is 1. The molecule has 8 nitrogen and oxygen atoms in total. The number of aldehydes is 1. The highest BCUT2D eigenvalue weighted by molar-refractivity contribution is 7.92. The number of ether oxygens (including phenoxy) is 1. The van der Waals surface area contributed by atoms with Crippen LogP contribution in [0, 0.1) is 31.6 Å². The van der Waals surface area contributed by atoms with Crippen LogP contribution >= 0.6 is 0 Å². The molecule has 4 N–H and O–H groups in total. The molecular formula is C27H27N3O5S. The fourth-order valence-corrected chi connectivity index (χ4v) is 5.33. The number of anilines is 1. The number of nitrogen functional groups attached to an aromatic ring is 1. The number of hydrogen-bond acceptors (Lipinski definition) is 6. The number of benzene rings is 3. The Kier molecular flexibility index (Phi) is 8.14. The summed E-state index contributed by atoms with van der Waals surface area (Å²) in [7, 11) is -4.20. The molecule has 0 heterocycles. The molecule has 0 aliphatic carbocycles. The number of nitrogens with one attached hydrogen (secondary N) is 1. The summed E-state index contributed by atoms with van der Waals surface area (Å²) in [5, 5.41) is 17.7. The number of nitrogens with two attached hydrogens (primary N) is 1. The van der Waals surface area contributed by atoms with Crippen LogP contribution in [0.2, 0.25) is 0 Å². The van der Waals surface area contributed by atoms with Crippen molar-refractivity contribution in [2.45, 2.75) is 31.0 Å². The quantitative estimate of drug-likeness (QED) is 0.168. The number of hydrogen-bond donors (Lipinski definition) is 3. The predicted octanol–water partition coefficient (Wildman–Crippen LogP) is 3.10. The fraction of sp³-hybridized carbons (Fsp3) is 0.185. The van der Waals surface area contributed by atoms with Crippen LogP contribution in [0.25, 0.3) is 0 Å². The van der Waals surface area contributed by atoms with Crippen molar-refractivity contribution in [1.82, 2.24) is 0 Å². The second-order valence-corrected chi connectivity index (χ2v) is 9.98. The smallest absolute Gasteiger partial charge is 0.264 e. The van der Waals surface area contributed by atoms with Gasteiger partial charge in [-0.3, -0.25) is 9.71 Å². The van der Waals surface area contributed by atoms with Gasteiger partial charge in [0.2, 0.25) is 0 Å². The molecule has 2 unspecified atom stereocenters. The number of carbonyl (C=O) groups is 1. The van der Waals surface area contributed by atoms with Crippen LogP contribution in [0.4, 0.5) is 5.69 Å². The molecule has 3 aromatic rings. The minimum absolute atomic E-state index is 0.00653. The van der Waals surface area contributed by atoms with Gasteiger partial charge in [-0.25, -0.2) is 8.42 Å². The van der Waals surface area contributed by atoms with Crippen molar-refractivity contribution >= 4 is 27.8 Å². The lowest BCUT2D eigenvalue weighted by molar-refractivity contribution is -0.114. The van der Waals surface area contributed by atoms with Crippen LogP contribution in [-0.4, -0.2) is 38.3 Å². The van der Waals surface area contributed by atoms with E-state index in [1.165, 1.54) is 12.1 Å². The van der Waals surface area contributed by atoms with Crippen molar-refractivity contribution in [3.05, 3.63) is 89.0 Å². The van der Waals surface area contributed by atoms with Crippen molar-refractivity contribution in [3.8, 4) is 18.1 Å². The SMILES string of the molecule is C#CC(Oc1ccc(C(=N)N)cc1)c1c(C)ccc(C)c1N(CC(O)C=O)S(=O)(=O)c1ccccc1. The van der Waals surface area contributed by atoms with E-state index in [-0.39, 0.29) is 22.7 Å². The Bertz CT molecular complexity index is 1400. The van der Waals surface area contributed by atoms with Crippen LogP contribution in [-0.2, 0) is 14.8 Å². The maximum Gasteiger partial charge on any atom is 0.264 e. The van der Waals surface area contributed by atoms with E-state index in [2.05, 4.69) is 5.92 Å². The first-order chi connectivity index (χ1) is 17.1. The molecule has 9 heteroatoms. The van der Waals surface area contributed by atoms with Gasteiger partial charge in [-0.1, -0.05) is 36.3 Å². The molecule has 36 heavy (non-hydrogen) atoms. The Balaban J connectivity index is 2.18. The van der Waals surface area contributed by atoms with E-state index in [9.17, 15) is 18.3 Å². The van der Waals surface area contributed by atoms with Gasteiger partial charge in [0, 0.05) is 11.1 Å². The molecule has 0 aromatic heterocycles. The number of aryl methyl sites for hydroxylation is 2. The normalized spacial score (nSPS) is 12.7. The highest BCUT2D eigenvalue weighted by Crippen LogP contribution is 2.38. The molecule has 0 radical (unpaired) electrons. The summed E-state index contributed by atoms with van der Waals surface area (Å²) in [5.74, 6) is 2.88. The molecule has 0 amide bonds. The van der Waals surface area contributed by atoms with Gasteiger partial charge in [0.1, 0.15) is 24.0 Å². The fourth-order valence-electron chi connectivity index (χ4n) is 3.75. The number of aliphatic hydroxyl groups is 1. The summed E-state index contributed by atoms with van der Waals surface area (Å²) in [6.07, 6.45) is 3.57. The molecule has 0 fully saturated rings. The molecule has 0 saturated carbocycles. The Hall–Kier alpha value is -4.13. The average molecular weight is 506 g/mol. The predicted molar refractivity (Wildman–Crippen MR) is 139 cm³/mol. The van der Waals surface area contributed by atoms with Crippen molar-refractivity contribution < 1.29 is 23.1 Å².